The number of benzene rings is 1. The molecule has 1 aliphatic carbocycles. The van der Waals surface area contributed by atoms with Crippen LogP contribution in [0, 0.1) is 6.92 Å². The van der Waals surface area contributed by atoms with E-state index >= 15 is 0 Å². The summed E-state index contributed by atoms with van der Waals surface area (Å²) in [5.41, 5.74) is 3.46. The van der Waals surface area contributed by atoms with E-state index in [9.17, 15) is 9.59 Å². The lowest BCUT2D eigenvalue weighted by Gasteiger charge is -2.34. The highest BCUT2D eigenvalue weighted by Crippen LogP contribution is 2.33. The number of carbonyl (C=O) groups is 1. The van der Waals surface area contributed by atoms with E-state index in [0.717, 1.165) is 59.4 Å². The Balaban J connectivity index is 1.17. The zero-order valence-electron chi connectivity index (χ0n) is 20.9. The highest BCUT2D eigenvalue weighted by molar-refractivity contribution is 7.18. The molecule has 0 bridgehead atoms. The van der Waals surface area contributed by atoms with E-state index in [0.29, 0.717) is 31.4 Å². The predicted molar refractivity (Wildman–Crippen MR) is 140 cm³/mol. The molecule has 186 valence electrons. The molecule has 7 nitrogen and oxygen atoms in total. The second-order valence-electron chi connectivity index (χ2n) is 10.0. The summed E-state index contributed by atoms with van der Waals surface area (Å²) < 4.78 is 5.95. The molecule has 0 atom stereocenters. The fourth-order valence-corrected chi connectivity index (χ4v) is 6.41. The number of hydrogen-bond donors (Lipinski definition) is 1. The Labute approximate surface area is 210 Å². The van der Waals surface area contributed by atoms with Crippen molar-refractivity contribution in [3.05, 3.63) is 55.9 Å². The minimum absolute atomic E-state index is 0.00715. The zero-order valence-corrected chi connectivity index (χ0v) is 21.7. The molecule has 3 aromatic rings. The Morgan fingerprint density at radius 2 is 1.94 bits per heavy atom. The standard InChI is InChI=1S/C27H34N4O3S/c1-17(2)19-9-8-18(3)14-21(19)34-16-24(32)31-12-10-30(11-13-31)15-23-28-26(33)25-20-6-4-5-7-22(20)35-27(25)29-23/h8-9,14,17H,4-7,10-13,15-16H2,1-3H3,(H,28,29,33). The highest BCUT2D eigenvalue weighted by atomic mass is 32.1. The van der Waals surface area contributed by atoms with Crippen LogP contribution >= 0.6 is 11.3 Å². The van der Waals surface area contributed by atoms with Crippen LogP contribution in [0.15, 0.2) is 23.0 Å². The predicted octanol–water partition coefficient (Wildman–Crippen LogP) is 4.02. The summed E-state index contributed by atoms with van der Waals surface area (Å²) in [6.45, 7) is 9.72. The van der Waals surface area contributed by atoms with Crippen LogP contribution in [0.3, 0.4) is 0 Å². The molecule has 0 saturated carbocycles. The number of H-pyrrole nitrogens is 1. The lowest BCUT2D eigenvalue weighted by atomic mass is 9.97. The first-order valence-corrected chi connectivity index (χ1v) is 13.5. The second kappa shape index (κ2) is 10.1. The molecule has 1 fully saturated rings. The number of aryl methyl sites for hydroxylation is 3. The summed E-state index contributed by atoms with van der Waals surface area (Å²) in [6, 6.07) is 6.17. The van der Waals surface area contributed by atoms with E-state index in [4.69, 9.17) is 9.72 Å². The Kier molecular flexibility index (Phi) is 6.93. The number of nitrogens with zero attached hydrogens (tertiary/aromatic N) is 3. The van der Waals surface area contributed by atoms with Gasteiger partial charge in [0.05, 0.1) is 11.9 Å². The molecule has 35 heavy (non-hydrogen) atoms. The van der Waals surface area contributed by atoms with Crippen molar-refractivity contribution in [3.63, 3.8) is 0 Å². The lowest BCUT2D eigenvalue weighted by molar-refractivity contribution is -0.135. The molecule has 5 rings (SSSR count). The topological polar surface area (TPSA) is 78.5 Å². The normalized spacial score (nSPS) is 16.6. The van der Waals surface area contributed by atoms with E-state index in [-0.39, 0.29) is 18.1 Å². The molecule has 2 aromatic heterocycles. The van der Waals surface area contributed by atoms with Gasteiger partial charge >= 0.3 is 0 Å². The van der Waals surface area contributed by atoms with Crippen LogP contribution < -0.4 is 10.3 Å². The maximum atomic E-state index is 12.8. The van der Waals surface area contributed by atoms with Gasteiger partial charge in [0.15, 0.2) is 6.61 Å². The molecule has 2 aliphatic rings. The third-order valence-corrected chi connectivity index (χ3v) is 8.30. The quantitative estimate of drug-likeness (QED) is 0.560. The van der Waals surface area contributed by atoms with Gasteiger partial charge in [-0.3, -0.25) is 14.5 Å². The summed E-state index contributed by atoms with van der Waals surface area (Å²) in [6.07, 6.45) is 4.40. The van der Waals surface area contributed by atoms with Gasteiger partial charge in [-0.1, -0.05) is 26.0 Å². The molecule has 3 heterocycles. The Morgan fingerprint density at radius 1 is 1.17 bits per heavy atom. The number of amides is 1. The maximum absolute atomic E-state index is 12.8. The molecule has 1 N–H and O–H groups in total. The molecule has 1 aliphatic heterocycles. The van der Waals surface area contributed by atoms with E-state index in [1.807, 2.05) is 17.9 Å². The lowest BCUT2D eigenvalue weighted by Crippen LogP contribution is -2.49. The van der Waals surface area contributed by atoms with Gasteiger partial charge in [0.2, 0.25) is 0 Å². The number of ether oxygens (including phenoxy) is 1. The van der Waals surface area contributed by atoms with Gasteiger partial charge in [-0.15, -0.1) is 11.3 Å². The Morgan fingerprint density at radius 3 is 2.71 bits per heavy atom. The van der Waals surface area contributed by atoms with Crippen molar-refractivity contribution in [1.82, 2.24) is 19.8 Å². The smallest absolute Gasteiger partial charge is 0.260 e. The fraction of sp³-hybridized carbons (Fsp3) is 0.519. The molecule has 0 radical (unpaired) electrons. The maximum Gasteiger partial charge on any atom is 0.260 e. The average Bonchev–Trinajstić information content (AvgIpc) is 3.21. The van der Waals surface area contributed by atoms with E-state index in [1.54, 1.807) is 11.3 Å². The first-order chi connectivity index (χ1) is 16.9. The molecule has 1 amide bonds. The number of rotatable bonds is 6. The number of nitrogens with one attached hydrogen (secondary N) is 1. The van der Waals surface area contributed by atoms with Crippen LogP contribution in [0.25, 0.3) is 10.2 Å². The van der Waals surface area contributed by atoms with Crippen LogP contribution in [0.4, 0.5) is 0 Å². The number of aromatic nitrogens is 2. The first kappa shape index (κ1) is 24.0. The third-order valence-electron chi connectivity index (χ3n) is 7.11. The molecule has 0 spiro atoms. The first-order valence-electron chi connectivity index (χ1n) is 12.7. The van der Waals surface area contributed by atoms with Gasteiger partial charge in [-0.2, -0.15) is 0 Å². The van der Waals surface area contributed by atoms with Crippen LogP contribution in [-0.2, 0) is 24.2 Å². The van der Waals surface area contributed by atoms with Crippen molar-refractivity contribution in [2.24, 2.45) is 0 Å². The summed E-state index contributed by atoms with van der Waals surface area (Å²) in [5.74, 6) is 1.86. The Bertz CT molecular complexity index is 1290. The fourth-order valence-electron chi connectivity index (χ4n) is 5.12. The van der Waals surface area contributed by atoms with Crippen molar-refractivity contribution in [3.8, 4) is 5.75 Å². The summed E-state index contributed by atoms with van der Waals surface area (Å²) in [5, 5.41) is 0.804. The van der Waals surface area contributed by atoms with Crippen LogP contribution in [0.5, 0.6) is 5.75 Å². The summed E-state index contributed by atoms with van der Waals surface area (Å²) in [4.78, 5) is 39.8. The van der Waals surface area contributed by atoms with Crippen molar-refractivity contribution < 1.29 is 9.53 Å². The zero-order chi connectivity index (χ0) is 24.5. The summed E-state index contributed by atoms with van der Waals surface area (Å²) >= 11 is 1.69. The van der Waals surface area contributed by atoms with E-state index in [2.05, 4.69) is 35.9 Å². The van der Waals surface area contributed by atoms with Crippen molar-refractivity contribution >= 4 is 27.5 Å². The van der Waals surface area contributed by atoms with Gasteiger partial charge in [0.25, 0.3) is 11.5 Å². The molecule has 1 aromatic carbocycles. The number of hydrogen-bond acceptors (Lipinski definition) is 6. The van der Waals surface area contributed by atoms with Gasteiger partial charge in [0.1, 0.15) is 16.4 Å². The minimum atomic E-state index is -0.00715. The van der Waals surface area contributed by atoms with Crippen LogP contribution in [-0.4, -0.2) is 58.5 Å². The van der Waals surface area contributed by atoms with Gasteiger partial charge in [-0.25, -0.2) is 4.98 Å². The highest BCUT2D eigenvalue weighted by Gasteiger charge is 2.24. The average molecular weight is 495 g/mol. The monoisotopic (exact) mass is 494 g/mol. The third kappa shape index (κ3) is 5.14. The van der Waals surface area contributed by atoms with Crippen LogP contribution in [0.1, 0.15) is 60.0 Å². The molecule has 1 saturated heterocycles. The SMILES string of the molecule is Cc1ccc(C(C)C)c(OCC(=O)N2CCN(Cc3nc4sc5c(c4c(=O)[nH]3)CCCC5)CC2)c1. The van der Waals surface area contributed by atoms with Crippen molar-refractivity contribution in [1.29, 1.82) is 0 Å². The molecule has 8 heteroatoms. The summed E-state index contributed by atoms with van der Waals surface area (Å²) in [7, 11) is 0. The van der Waals surface area contributed by atoms with Gasteiger partial charge in [0, 0.05) is 31.1 Å². The number of carbonyl (C=O) groups excluding carboxylic acids is 1. The molecule has 0 unspecified atom stereocenters. The van der Waals surface area contributed by atoms with Crippen molar-refractivity contribution in [2.75, 3.05) is 32.8 Å². The number of thiophene rings is 1. The minimum Gasteiger partial charge on any atom is -0.483 e. The van der Waals surface area contributed by atoms with Crippen LogP contribution in [0.2, 0.25) is 0 Å². The van der Waals surface area contributed by atoms with E-state index < -0.39 is 0 Å². The van der Waals surface area contributed by atoms with Gasteiger partial charge < -0.3 is 14.6 Å². The second-order valence-corrected chi connectivity index (χ2v) is 11.1. The molecular weight excluding hydrogens is 460 g/mol. The Hall–Kier alpha value is -2.71. The molecular formula is C27H34N4O3S. The van der Waals surface area contributed by atoms with Gasteiger partial charge in [-0.05, 0) is 61.3 Å². The number of fused-ring (bicyclic) bond motifs is 3. The number of piperazine rings is 1. The largest absolute Gasteiger partial charge is 0.483 e. The van der Waals surface area contributed by atoms with E-state index in [1.165, 1.54) is 16.9 Å². The number of aromatic amines is 1. The van der Waals surface area contributed by atoms with Crippen molar-refractivity contribution in [2.45, 2.75) is 58.9 Å².